The molecule has 0 aliphatic heterocycles. The molecule has 0 amide bonds. The fourth-order valence-corrected chi connectivity index (χ4v) is 2.86. The second-order valence-corrected chi connectivity index (χ2v) is 5.46. The van der Waals surface area contributed by atoms with E-state index in [0.717, 1.165) is 21.5 Å². The Hall–Kier alpha value is -2.25. The molecule has 0 atom stereocenters. The number of anilines is 1. The lowest BCUT2D eigenvalue weighted by atomic mass is 10.3. The molecule has 0 radical (unpaired) electrons. The Morgan fingerprint density at radius 1 is 1.33 bits per heavy atom. The Labute approximate surface area is 124 Å². The number of hydrazine groups is 1. The molecule has 108 valence electrons. The van der Waals surface area contributed by atoms with Crippen molar-refractivity contribution in [1.82, 2.24) is 9.97 Å². The van der Waals surface area contributed by atoms with Crippen LogP contribution < -0.4 is 16.0 Å². The van der Waals surface area contributed by atoms with E-state index in [9.17, 15) is 4.39 Å². The maximum absolute atomic E-state index is 13.2. The van der Waals surface area contributed by atoms with E-state index in [1.807, 2.05) is 6.07 Å². The van der Waals surface area contributed by atoms with Crippen LogP contribution in [0.5, 0.6) is 11.6 Å². The van der Waals surface area contributed by atoms with E-state index >= 15 is 0 Å². The average Bonchev–Trinajstić information content (AvgIpc) is 2.90. The van der Waals surface area contributed by atoms with Gasteiger partial charge < -0.3 is 4.74 Å². The highest BCUT2D eigenvalue weighted by atomic mass is 32.1. The molecule has 21 heavy (non-hydrogen) atoms. The third-order valence-corrected chi connectivity index (χ3v) is 4.07. The van der Waals surface area contributed by atoms with Gasteiger partial charge in [-0.1, -0.05) is 13.0 Å². The van der Waals surface area contributed by atoms with E-state index in [1.54, 1.807) is 23.5 Å². The van der Waals surface area contributed by atoms with E-state index < -0.39 is 0 Å². The van der Waals surface area contributed by atoms with E-state index in [-0.39, 0.29) is 11.8 Å². The van der Waals surface area contributed by atoms with Crippen LogP contribution in [0.4, 0.5) is 10.3 Å². The summed E-state index contributed by atoms with van der Waals surface area (Å²) in [6.07, 6.45) is 0.895. The number of hydrogen-bond donors (Lipinski definition) is 2. The number of rotatable bonds is 4. The van der Waals surface area contributed by atoms with Crippen molar-refractivity contribution in [3.63, 3.8) is 0 Å². The smallest absolute Gasteiger partial charge is 0.241 e. The van der Waals surface area contributed by atoms with Crippen molar-refractivity contribution < 1.29 is 9.13 Å². The number of nitrogens with one attached hydrogen (secondary N) is 1. The van der Waals surface area contributed by atoms with Crippen LogP contribution >= 0.6 is 11.3 Å². The van der Waals surface area contributed by atoms with Gasteiger partial charge in [0.05, 0.1) is 5.39 Å². The summed E-state index contributed by atoms with van der Waals surface area (Å²) in [4.78, 5) is 10.4. The standard InChI is InChI=1S/C14H13FN4OS/c1-2-10-7-11-12(17-14(19-16)18-13(11)21-10)20-9-5-3-4-8(15)6-9/h3-7H,2,16H2,1H3,(H,17,18,19). The Balaban J connectivity index is 2.09. The Bertz CT molecular complexity index is 790. The largest absolute Gasteiger partial charge is 0.438 e. The fraction of sp³-hybridized carbons (Fsp3) is 0.143. The second-order valence-electron chi connectivity index (χ2n) is 4.34. The molecule has 1 aromatic carbocycles. The van der Waals surface area contributed by atoms with Gasteiger partial charge in [0, 0.05) is 10.9 Å². The van der Waals surface area contributed by atoms with Gasteiger partial charge in [0.2, 0.25) is 11.8 Å². The second kappa shape index (κ2) is 5.63. The Morgan fingerprint density at radius 3 is 2.90 bits per heavy atom. The predicted molar refractivity (Wildman–Crippen MR) is 81.1 cm³/mol. The van der Waals surface area contributed by atoms with Crippen molar-refractivity contribution >= 4 is 27.5 Å². The van der Waals surface area contributed by atoms with E-state index in [1.165, 1.54) is 12.1 Å². The molecule has 5 nitrogen and oxygen atoms in total. The third kappa shape index (κ3) is 2.79. The number of nitrogen functional groups attached to an aromatic ring is 1. The van der Waals surface area contributed by atoms with Crippen LogP contribution in [0, 0.1) is 5.82 Å². The van der Waals surface area contributed by atoms with E-state index in [4.69, 9.17) is 10.6 Å². The van der Waals surface area contributed by atoms with E-state index in [0.29, 0.717) is 11.6 Å². The minimum Gasteiger partial charge on any atom is -0.438 e. The first-order valence-corrected chi connectivity index (χ1v) is 7.21. The number of hydrogen-bond acceptors (Lipinski definition) is 6. The van der Waals surface area contributed by atoms with Gasteiger partial charge in [0.1, 0.15) is 16.4 Å². The van der Waals surface area contributed by atoms with Crippen molar-refractivity contribution in [2.24, 2.45) is 5.84 Å². The molecule has 3 aromatic rings. The highest BCUT2D eigenvalue weighted by Crippen LogP contribution is 2.34. The Kier molecular flexibility index (Phi) is 3.68. The van der Waals surface area contributed by atoms with Gasteiger partial charge in [0.25, 0.3) is 0 Å². The van der Waals surface area contributed by atoms with Gasteiger partial charge in [-0.25, -0.2) is 15.2 Å². The van der Waals surface area contributed by atoms with Gasteiger partial charge in [-0.3, -0.25) is 5.43 Å². The summed E-state index contributed by atoms with van der Waals surface area (Å²) in [5.41, 5.74) is 2.41. The van der Waals surface area contributed by atoms with Crippen LogP contribution in [0.25, 0.3) is 10.2 Å². The number of nitrogens with zero attached hydrogens (tertiary/aromatic N) is 2. The molecule has 0 unspecified atom stereocenters. The van der Waals surface area contributed by atoms with Gasteiger partial charge in [0.15, 0.2) is 0 Å². The lowest BCUT2D eigenvalue weighted by Gasteiger charge is -2.07. The highest BCUT2D eigenvalue weighted by molar-refractivity contribution is 7.18. The molecule has 7 heteroatoms. The zero-order valence-corrected chi connectivity index (χ0v) is 12.1. The first kappa shape index (κ1) is 13.7. The number of benzene rings is 1. The van der Waals surface area contributed by atoms with Crippen LogP contribution in [-0.2, 0) is 6.42 Å². The molecule has 0 saturated heterocycles. The summed E-state index contributed by atoms with van der Waals surface area (Å²) in [6, 6.07) is 7.89. The van der Waals surface area contributed by atoms with Crippen molar-refractivity contribution in [1.29, 1.82) is 0 Å². The van der Waals surface area contributed by atoms with Gasteiger partial charge >= 0.3 is 0 Å². The fourth-order valence-electron chi connectivity index (χ4n) is 1.90. The van der Waals surface area contributed by atoms with Crippen LogP contribution in [0.15, 0.2) is 30.3 Å². The van der Waals surface area contributed by atoms with E-state index in [2.05, 4.69) is 22.3 Å². The summed E-state index contributed by atoms with van der Waals surface area (Å²) in [6.45, 7) is 2.06. The lowest BCUT2D eigenvalue weighted by molar-refractivity contribution is 0.464. The minimum absolute atomic E-state index is 0.262. The van der Waals surface area contributed by atoms with Crippen molar-refractivity contribution in [3.8, 4) is 11.6 Å². The zero-order valence-electron chi connectivity index (χ0n) is 11.3. The number of nitrogens with two attached hydrogens (primary N) is 1. The molecule has 2 aromatic heterocycles. The monoisotopic (exact) mass is 304 g/mol. The highest BCUT2D eigenvalue weighted by Gasteiger charge is 2.13. The molecule has 0 saturated carbocycles. The SMILES string of the molecule is CCc1cc2c(Oc3cccc(F)c3)nc(NN)nc2s1. The van der Waals surface area contributed by atoms with Crippen LogP contribution in [0.1, 0.15) is 11.8 Å². The van der Waals surface area contributed by atoms with Gasteiger partial charge in [-0.05, 0) is 24.6 Å². The predicted octanol–water partition coefficient (Wildman–Crippen LogP) is 3.47. The molecule has 3 rings (SSSR count). The summed E-state index contributed by atoms with van der Waals surface area (Å²) in [5, 5.41) is 0.792. The first-order chi connectivity index (χ1) is 10.2. The molecule has 0 aliphatic carbocycles. The van der Waals surface area contributed by atoms with Crippen LogP contribution in [0.2, 0.25) is 0 Å². The maximum Gasteiger partial charge on any atom is 0.241 e. The van der Waals surface area contributed by atoms with Crippen LogP contribution in [-0.4, -0.2) is 9.97 Å². The summed E-state index contributed by atoms with van der Waals surface area (Å²) in [7, 11) is 0. The van der Waals surface area contributed by atoms with Gasteiger partial charge in [-0.15, -0.1) is 11.3 Å². The zero-order chi connectivity index (χ0) is 14.8. The summed E-state index contributed by atoms with van der Waals surface area (Å²) >= 11 is 1.55. The molecular formula is C14H13FN4OS. The number of aromatic nitrogens is 2. The topological polar surface area (TPSA) is 73.1 Å². The maximum atomic E-state index is 13.2. The molecule has 0 aliphatic rings. The Morgan fingerprint density at radius 2 is 2.19 bits per heavy atom. The number of ether oxygens (including phenoxy) is 1. The third-order valence-electron chi connectivity index (χ3n) is 2.90. The van der Waals surface area contributed by atoms with Crippen molar-refractivity contribution in [3.05, 3.63) is 41.0 Å². The normalized spacial score (nSPS) is 10.8. The molecular weight excluding hydrogens is 291 g/mol. The molecule has 2 heterocycles. The number of halogens is 1. The lowest BCUT2D eigenvalue weighted by Crippen LogP contribution is -2.10. The molecule has 3 N–H and O–H groups in total. The molecule has 0 fully saturated rings. The van der Waals surface area contributed by atoms with Crippen LogP contribution in [0.3, 0.4) is 0 Å². The van der Waals surface area contributed by atoms with Crippen molar-refractivity contribution in [2.75, 3.05) is 5.43 Å². The minimum atomic E-state index is -0.366. The summed E-state index contributed by atoms with van der Waals surface area (Å²) in [5.74, 6) is 6.01. The quantitative estimate of drug-likeness (QED) is 0.570. The number of thiophene rings is 1. The first-order valence-electron chi connectivity index (χ1n) is 6.40. The molecule has 0 spiro atoms. The molecule has 0 bridgehead atoms. The summed E-state index contributed by atoms with van der Waals surface area (Å²) < 4.78 is 18.9. The van der Waals surface area contributed by atoms with Crippen molar-refractivity contribution in [2.45, 2.75) is 13.3 Å². The average molecular weight is 304 g/mol. The van der Waals surface area contributed by atoms with Gasteiger partial charge in [-0.2, -0.15) is 4.98 Å². The number of fused-ring (bicyclic) bond motifs is 1. The number of aryl methyl sites for hydroxylation is 1.